The summed E-state index contributed by atoms with van der Waals surface area (Å²) in [5, 5.41) is 5.71. The molecule has 1 aromatic rings. The molecule has 116 valence electrons. The molecule has 1 unspecified atom stereocenters. The van der Waals surface area contributed by atoms with Crippen LogP contribution in [0.15, 0.2) is 36.4 Å². The third-order valence-corrected chi connectivity index (χ3v) is 3.07. The fourth-order valence-corrected chi connectivity index (χ4v) is 1.89. The van der Waals surface area contributed by atoms with Crippen LogP contribution in [-0.2, 0) is 4.79 Å². The summed E-state index contributed by atoms with van der Waals surface area (Å²) in [5.74, 6) is -0.341. The standard InChI is InChI=1S/C15H19Cl3N2O/c1-14(2,3)20-13(15(16,17)18)19-12(21)10-9-11-7-5-4-6-8-11/h4-10,13,20H,1-3H3,(H,19,21)/b10-9+. The van der Waals surface area contributed by atoms with Crippen LogP contribution in [0.4, 0.5) is 0 Å². The van der Waals surface area contributed by atoms with Gasteiger partial charge in [-0.1, -0.05) is 65.1 Å². The Hall–Kier alpha value is -0.740. The molecule has 0 spiro atoms. The molecule has 1 atom stereocenters. The van der Waals surface area contributed by atoms with E-state index in [1.165, 1.54) is 6.08 Å². The second-order valence-electron chi connectivity index (χ2n) is 5.62. The lowest BCUT2D eigenvalue weighted by atomic mass is 10.1. The van der Waals surface area contributed by atoms with Crippen molar-refractivity contribution in [3.63, 3.8) is 0 Å². The van der Waals surface area contributed by atoms with E-state index < -0.39 is 9.96 Å². The fraction of sp³-hybridized carbons (Fsp3) is 0.400. The molecule has 0 aromatic heterocycles. The van der Waals surface area contributed by atoms with Crippen molar-refractivity contribution in [3.05, 3.63) is 42.0 Å². The lowest BCUT2D eigenvalue weighted by Gasteiger charge is -2.33. The van der Waals surface area contributed by atoms with Gasteiger partial charge in [-0.2, -0.15) is 0 Å². The van der Waals surface area contributed by atoms with Crippen LogP contribution in [0.2, 0.25) is 0 Å². The minimum absolute atomic E-state index is 0.314. The zero-order valence-corrected chi connectivity index (χ0v) is 14.4. The van der Waals surface area contributed by atoms with Gasteiger partial charge in [0.25, 0.3) is 0 Å². The van der Waals surface area contributed by atoms with Gasteiger partial charge in [0.1, 0.15) is 6.17 Å². The predicted octanol–water partition coefficient (Wildman–Crippen LogP) is 3.90. The van der Waals surface area contributed by atoms with Crippen LogP contribution in [0.25, 0.3) is 6.08 Å². The molecule has 3 nitrogen and oxygen atoms in total. The Bertz CT molecular complexity index is 490. The van der Waals surface area contributed by atoms with E-state index >= 15 is 0 Å². The third-order valence-electron chi connectivity index (χ3n) is 2.42. The molecule has 0 saturated heterocycles. The van der Waals surface area contributed by atoms with Crippen LogP contribution in [0.5, 0.6) is 0 Å². The molecule has 1 aromatic carbocycles. The summed E-state index contributed by atoms with van der Waals surface area (Å²) in [5.41, 5.74) is 0.604. The van der Waals surface area contributed by atoms with Gasteiger partial charge in [-0.3, -0.25) is 10.1 Å². The number of rotatable bonds is 4. The molecule has 1 amide bonds. The molecule has 0 bridgehead atoms. The fourth-order valence-electron chi connectivity index (χ4n) is 1.56. The van der Waals surface area contributed by atoms with Crippen LogP contribution in [0.1, 0.15) is 26.3 Å². The average Bonchev–Trinajstić information content (AvgIpc) is 2.34. The summed E-state index contributed by atoms with van der Waals surface area (Å²) in [6.07, 6.45) is 2.31. The minimum Gasteiger partial charge on any atom is -0.333 e. The summed E-state index contributed by atoms with van der Waals surface area (Å²) in [4.78, 5) is 11.9. The molecule has 0 radical (unpaired) electrons. The first kappa shape index (κ1) is 18.3. The third kappa shape index (κ3) is 7.72. The summed E-state index contributed by atoms with van der Waals surface area (Å²) in [6.45, 7) is 5.76. The van der Waals surface area contributed by atoms with E-state index in [0.717, 1.165) is 5.56 Å². The zero-order chi connectivity index (χ0) is 16.1. The number of benzene rings is 1. The molecule has 0 aliphatic carbocycles. The highest BCUT2D eigenvalue weighted by molar-refractivity contribution is 6.68. The summed E-state index contributed by atoms with van der Waals surface area (Å²) in [6, 6.07) is 9.47. The highest BCUT2D eigenvalue weighted by atomic mass is 35.6. The van der Waals surface area contributed by atoms with Gasteiger partial charge < -0.3 is 5.32 Å². The van der Waals surface area contributed by atoms with Crippen molar-refractivity contribution < 1.29 is 4.79 Å². The second-order valence-corrected chi connectivity index (χ2v) is 7.99. The number of carbonyl (C=O) groups is 1. The molecule has 21 heavy (non-hydrogen) atoms. The second kappa shape index (κ2) is 7.50. The van der Waals surface area contributed by atoms with Gasteiger partial charge in [0.05, 0.1) is 0 Å². The van der Waals surface area contributed by atoms with Gasteiger partial charge >= 0.3 is 0 Å². The summed E-state index contributed by atoms with van der Waals surface area (Å²) >= 11 is 17.7. The molecule has 0 heterocycles. The van der Waals surface area contributed by atoms with E-state index in [-0.39, 0.29) is 11.4 Å². The maximum Gasteiger partial charge on any atom is 0.245 e. The average molecular weight is 350 g/mol. The predicted molar refractivity (Wildman–Crippen MR) is 90.6 cm³/mol. The van der Waals surface area contributed by atoms with Crippen molar-refractivity contribution >= 4 is 46.8 Å². The van der Waals surface area contributed by atoms with Crippen molar-refractivity contribution in [3.8, 4) is 0 Å². The van der Waals surface area contributed by atoms with E-state index in [9.17, 15) is 4.79 Å². The Balaban J connectivity index is 2.71. The Morgan fingerprint density at radius 2 is 1.71 bits per heavy atom. The molecular weight excluding hydrogens is 331 g/mol. The van der Waals surface area contributed by atoms with E-state index in [1.54, 1.807) is 6.08 Å². The van der Waals surface area contributed by atoms with Gasteiger partial charge in [-0.25, -0.2) is 0 Å². The smallest absolute Gasteiger partial charge is 0.245 e. The van der Waals surface area contributed by atoms with Crippen molar-refractivity contribution in [1.29, 1.82) is 0 Å². The Morgan fingerprint density at radius 3 is 2.19 bits per heavy atom. The van der Waals surface area contributed by atoms with Gasteiger partial charge in [0.15, 0.2) is 0 Å². The summed E-state index contributed by atoms with van der Waals surface area (Å²) in [7, 11) is 0. The van der Waals surface area contributed by atoms with Crippen LogP contribution >= 0.6 is 34.8 Å². The number of nitrogens with one attached hydrogen (secondary N) is 2. The molecular formula is C15H19Cl3N2O. The molecule has 0 aliphatic rings. The van der Waals surface area contributed by atoms with Gasteiger partial charge in [-0.15, -0.1) is 0 Å². The van der Waals surface area contributed by atoms with Crippen molar-refractivity contribution in [2.24, 2.45) is 0 Å². The first-order valence-electron chi connectivity index (χ1n) is 6.46. The van der Waals surface area contributed by atoms with Gasteiger partial charge in [0.2, 0.25) is 9.70 Å². The minimum atomic E-state index is -1.65. The molecule has 0 fully saturated rings. The monoisotopic (exact) mass is 348 g/mol. The van der Waals surface area contributed by atoms with Crippen LogP contribution in [0.3, 0.4) is 0 Å². The highest BCUT2D eigenvalue weighted by Gasteiger charge is 2.35. The van der Waals surface area contributed by atoms with E-state index in [0.29, 0.717) is 0 Å². The maximum absolute atomic E-state index is 11.9. The quantitative estimate of drug-likeness (QED) is 0.492. The number of carbonyl (C=O) groups excluding carboxylic acids is 1. The number of halogens is 3. The van der Waals surface area contributed by atoms with Gasteiger partial charge in [-0.05, 0) is 32.4 Å². The first-order valence-corrected chi connectivity index (χ1v) is 7.59. The number of alkyl halides is 3. The van der Waals surface area contributed by atoms with Crippen LogP contribution in [-0.4, -0.2) is 21.4 Å². The van der Waals surface area contributed by atoms with E-state index in [1.807, 2.05) is 51.1 Å². The molecule has 6 heteroatoms. The molecule has 0 saturated carbocycles. The van der Waals surface area contributed by atoms with E-state index in [4.69, 9.17) is 34.8 Å². The Morgan fingerprint density at radius 1 is 1.14 bits per heavy atom. The maximum atomic E-state index is 11.9. The number of amides is 1. The first-order chi connectivity index (χ1) is 9.58. The zero-order valence-electron chi connectivity index (χ0n) is 12.2. The molecule has 0 aliphatic heterocycles. The lowest BCUT2D eigenvalue weighted by Crippen LogP contribution is -2.58. The highest BCUT2D eigenvalue weighted by Crippen LogP contribution is 2.30. The Labute approximate surface area is 140 Å². The topological polar surface area (TPSA) is 41.1 Å². The molecule has 2 N–H and O–H groups in total. The van der Waals surface area contributed by atoms with Crippen LogP contribution < -0.4 is 10.6 Å². The lowest BCUT2D eigenvalue weighted by molar-refractivity contribution is -0.117. The SMILES string of the molecule is CC(C)(C)NC(NC(=O)/C=C/c1ccccc1)C(Cl)(Cl)Cl. The normalized spacial score (nSPS) is 14.2. The van der Waals surface area contributed by atoms with Crippen LogP contribution in [0, 0.1) is 0 Å². The van der Waals surface area contributed by atoms with Crippen molar-refractivity contribution in [2.75, 3.05) is 0 Å². The van der Waals surface area contributed by atoms with Gasteiger partial charge in [0, 0.05) is 11.6 Å². The Kier molecular flexibility index (Phi) is 6.54. The van der Waals surface area contributed by atoms with E-state index in [2.05, 4.69) is 10.6 Å². The molecule has 1 rings (SSSR count). The van der Waals surface area contributed by atoms with Crippen molar-refractivity contribution in [1.82, 2.24) is 10.6 Å². The summed E-state index contributed by atoms with van der Waals surface area (Å²) < 4.78 is -1.65. The van der Waals surface area contributed by atoms with Crippen molar-refractivity contribution in [2.45, 2.75) is 36.3 Å². The number of hydrogen-bond donors (Lipinski definition) is 2. The largest absolute Gasteiger partial charge is 0.333 e. The number of hydrogen-bond acceptors (Lipinski definition) is 2.